The molecular weight excluding hydrogens is 276 g/mol. The van der Waals surface area contributed by atoms with Crippen LogP contribution in [0.2, 0.25) is 0 Å². The van der Waals surface area contributed by atoms with E-state index in [0.29, 0.717) is 5.56 Å². The summed E-state index contributed by atoms with van der Waals surface area (Å²) < 4.78 is 0. The summed E-state index contributed by atoms with van der Waals surface area (Å²) in [6.45, 7) is 15.3. The first-order valence-electron chi connectivity index (χ1n) is 7.76. The Hall–Kier alpha value is -1.35. The van der Waals surface area contributed by atoms with Gasteiger partial charge in [0, 0.05) is 23.1 Å². The number of rotatable bonds is 3. The van der Waals surface area contributed by atoms with E-state index in [4.69, 9.17) is 0 Å². The second-order valence-electron chi connectivity index (χ2n) is 8.83. The fourth-order valence-corrected chi connectivity index (χ4v) is 2.43. The maximum atomic E-state index is 12.5. The van der Waals surface area contributed by atoms with Gasteiger partial charge in [-0.25, -0.2) is 0 Å². The first-order valence-corrected chi connectivity index (χ1v) is 7.76. The number of benzene rings is 1. The molecule has 1 aromatic carbocycles. The molecule has 0 radical (unpaired) electrons. The van der Waals surface area contributed by atoms with Gasteiger partial charge in [0.1, 0.15) is 5.75 Å². The number of phenolic OH excluding ortho intramolecular Hbond substituents is 1. The number of phenols is 1. The molecule has 0 aromatic heterocycles. The molecule has 124 valence electrons. The van der Waals surface area contributed by atoms with Gasteiger partial charge in [-0.05, 0) is 36.8 Å². The number of hydrogen-bond donors (Lipinski definition) is 2. The van der Waals surface area contributed by atoms with Crippen LogP contribution in [0.5, 0.6) is 5.75 Å². The fourth-order valence-electron chi connectivity index (χ4n) is 2.43. The van der Waals surface area contributed by atoms with Crippen molar-refractivity contribution in [2.75, 3.05) is 0 Å². The van der Waals surface area contributed by atoms with Crippen LogP contribution >= 0.6 is 0 Å². The fraction of sp³-hybridized carbons (Fsp3) is 0.632. The van der Waals surface area contributed by atoms with E-state index in [1.54, 1.807) is 26.0 Å². The molecule has 0 aliphatic rings. The summed E-state index contributed by atoms with van der Waals surface area (Å²) in [7, 11) is 0. The van der Waals surface area contributed by atoms with Crippen LogP contribution < -0.4 is 0 Å². The molecule has 0 spiro atoms. The van der Waals surface area contributed by atoms with Gasteiger partial charge in [-0.1, -0.05) is 41.5 Å². The Morgan fingerprint density at radius 2 is 1.27 bits per heavy atom. The van der Waals surface area contributed by atoms with Gasteiger partial charge >= 0.3 is 0 Å². The van der Waals surface area contributed by atoms with E-state index in [-0.39, 0.29) is 28.8 Å². The Kier molecular flexibility index (Phi) is 4.84. The second kappa shape index (κ2) is 5.69. The van der Waals surface area contributed by atoms with Crippen molar-refractivity contribution in [1.82, 2.24) is 0 Å². The lowest BCUT2D eigenvalue weighted by molar-refractivity contribution is 0.0587. The van der Waals surface area contributed by atoms with Crippen LogP contribution in [0.1, 0.15) is 83.3 Å². The highest BCUT2D eigenvalue weighted by atomic mass is 16.3. The molecule has 0 heterocycles. The number of ketones is 1. The molecule has 0 unspecified atom stereocenters. The van der Waals surface area contributed by atoms with E-state index in [0.717, 1.165) is 11.1 Å². The highest BCUT2D eigenvalue weighted by Gasteiger charge is 2.28. The summed E-state index contributed by atoms with van der Waals surface area (Å²) in [5.74, 6) is 0.156. The van der Waals surface area contributed by atoms with Crippen LogP contribution in [0.25, 0.3) is 0 Å². The van der Waals surface area contributed by atoms with Crippen molar-refractivity contribution in [2.45, 2.75) is 78.2 Å². The summed E-state index contributed by atoms with van der Waals surface area (Å²) in [6.07, 6.45) is 0.0605. The van der Waals surface area contributed by atoms with Gasteiger partial charge in [0.2, 0.25) is 0 Å². The Morgan fingerprint density at radius 1 is 0.909 bits per heavy atom. The number of hydrogen-bond acceptors (Lipinski definition) is 3. The third kappa shape index (κ3) is 4.57. The van der Waals surface area contributed by atoms with E-state index < -0.39 is 5.60 Å². The Labute approximate surface area is 134 Å². The average Bonchev–Trinajstić information content (AvgIpc) is 2.23. The summed E-state index contributed by atoms with van der Waals surface area (Å²) in [5.41, 5.74) is 0.496. The first kappa shape index (κ1) is 18.7. The molecule has 0 amide bonds. The summed E-state index contributed by atoms with van der Waals surface area (Å²) in [6, 6.07) is 3.53. The standard InChI is InChI=1S/C19H30O3/c1-17(2,3)13-9-12(15(20)11-19(7,8)22)10-14(16(13)21)18(4,5)6/h9-10,21-22H,11H2,1-8H3. The van der Waals surface area contributed by atoms with Crippen molar-refractivity contribution in [3.05, 3.63) is 28.8 Å². The van der Waals surface area contributed by atoms with Gasteiger partial charge in [-0.2, -0.15) is 0 Å². The van der Waals surface area contributed by atoms with Crippen LogP contribution in [0, 0.1) is 0 Å². The molecule has 1 aromatic rings. The highest BCUT2D eigenvalue weighted by molar-refractivity contribution is 5.97. The largest absolute Gasteiger partial charge is 0.507 e. The minimum atomic E-state index is -1.04. The van der Waals surface area contributed by atoms with Crippen LogP contribution in [-0.4, -0.2) is 21.6 Å². The summed E-state index contributed by atoms with van der Waals surface area (Å²) in [4.78, 5) is 12.5. The van der Waals surface area contributed by atoms with Gasteiger partial charge in [0.15, 0.2) is 5.78 Å². The quantitative estimate of drug-likeness (QED) is 0.817. The summed E-state index contributed by atoms with van der Waals surface area (Å²) >= 11 is 0. The molecule has 0 saturated heterocycles. The van der Waals surface area contributed by atoms with Gasteiger partial charge in [-0.15, -0.1) is 0 Å². The second-order valence-corrected chi connectivity index (χ2v) is 8.83. The average molecular weight is 306 g/mol. The highest BCUT2D eigenvalue weighted by Crippen LogP contribution is 2.40. The molecule has 3 nitrogen and oxygen atoms in total. The van der Waals surface area contributed by atoms with Crippen molar-refractivity contribution < 1.29 is 15.0 Å². The number of aliphatic hydroxyl groups is 1. The van der Waals surface area contributed by atoms with Crippen LogP contribution in [-0.2, 0) is 10.8 Å². The molecule has 0 bridgehead atoms. The zero-order valence-electron chi connectivity index (χ0n) is 15.2. The molecule has 0 atom stereocenters. The van der Waals surface area contributed by atoms with Crippen LogP contribution in [0.4, 0.5) is 0 Å². The zero-order valence-corrected chi connectivity index (χ0v) is 15.2. The zero-order chi connectivity index (χ0) is 17.5. The lowest BCUT2D eigenvalue weighted by Gasteiger charge is -2.28. The minimum Gasteiger partial charge on any atom is -0.507 e. The summed E-state index contributed by atoms with van der Waals surface area (Å²) in [5, 5.41) is 20.5. The maximum Gasteiger partial charge on any atom is 0.165 e. The normalized spacial score (nSPS) is 13.3. The number of carbonyl (C=O) groups excluding carboxylic acids is 1. The molecule has 0 aliphatic heterocycles. The van der Waals surface area contributed by atoms with Crippen molar-refractivity contribution in [3.63, 3.8) is 0 Å². The smallest absolute Gasteiger partial charge is 0.165 e. The molecule has 2 N–H and O–H groups in total. The lowest BCUT2D eigenvalue weighted by Crippen LogP contribution is -2.24. The predicted molar refractivity (Wildman–Crippen MR) is 90.8 cm³/mol. The topological polar surface area (TPSA) is 57.5 Å². The van der Waals surface area contributed by atoms with Gasteiger partial charge in [-0.3, -0.25) is 4.79 Å². The van der Waals surface area contributed by atoms with Crippen LogP contribution in [0.15, 0.2) is 12.1 Å². The van der Waals surface area contributed by atoms with E-state index in [2.05, 4.69) is 0 Å². The van der Waals surface area contributed by atoms with Crippen molar-refractivity contribution in [3.8, 4) is 5.75 Å². The van der Waals surface area contributed by atoms with Crippen molar-refractivity contribution >= 4 is 5.78 Å². The molecule has 3 heteroatoms. The maximum absolute atomic E-state index is 12.5. The lowest BCUT2D eigenvalue weighted by atomic mass is 9.77. The SMILES string of the molecule is CC(C)(O)CC(=O)c1cc(C(C)(C)C)c(O)c(C(C)(C)C)c1. The van der Waals surface area contributed by atoms with Crippen molar-refractivity contribution in [2.24, 2.45) is 0 Å². The Bertz CT molecular complexity index is 529. The van der Waals surface area contributed by atoms with Gasteiger partial charge in [0.05, 0.1) is 5.60 Å². The minimum absolute atomic E-state index is 0.0605. The predicted octanol–water partition coefficient (Wildman–Crippen LogP) is 4.33. The molecular formula is C19H30O3. The Balaban J connectivity index is 3.52. The molecule has 22 heavy (non-hydrogen) atoms. The van der Waals surface area contributed by atoms with Gasteiger partial charge < -0.3 is 10.2 Å². The van der Waals surface area contributed by atoms with E-state index in [1.165, 1.54) is 0 Å². The van der Waals surface area contributed by atoms with E-state index in [1.807, 2.05) is 41.5 Å². The van der Waals surface area contributed by atoms with E-state index in [9.17, 15) is 15.0 Å². The van der Waals surface area contributed by atoms with Crippen molar-refractivity contribution in [1.29, 1.82) is 0 Å². The Morgan fingerprint density at radius 3 is 1.55 bits per heavy atom. The third-order valence-corrected chi connectivity index (χ3v) is 3.64. The van der Waals surface area contributed by atoms with Gasteiger partial charge in [0.25, 0.3) is 0 Å². The number of aromatic hydroxyl groups is 1. The number of carbonyl (C=O) groups is 1. The van der Waals surface area contributed by atoms with E-state index >= 15 is 0 Å². The number of Topliss-reactive ketones (excluding diaryl/α,β-unsaturated/α-hetero) is 1. The first-order chi connectivity index (χ1) is 9.63. The molecule has 1 rings (SSSR count). The molecule has 0 aliphatic carbocycles. The monoisotopic (exact) mass is 306 g/mol. The third-order valence-electron chi connectivity index (χ3n) is 3.64. The molecule has 0 saturated carbocycles. The van der Waals surface area contributed by atoms with Crippen LogP contribution in [0.3, 0.4) is 0 Å². The molecule has 0 fully saturated rings.